The van der Waals surface area contributed by atoms with Crippen LogP contribution in [0.2, 0.25) is 0 Å². The molecule has 3 rings (SSSR count). The molecular formula is C18H24N4O3. The lowest BCUT2D eigenvalue weighted by molar-refractivity contribution is -0.119. The summed E-state index contributed by atoms with van der Waals surface area (Å²) in [4.78, 5) is 25.4. The lowest BCUT2D eigenvalue weighted by Gasteiger charge is -2.26. The summed E-state index contributed by atoms with van der Waals surface area (Å²) < 4.78 is 8.57. The van der Waals surface area contributed by atoms with Crippen molar-refractivity contribution >= 4 is 11.6 Å². The van der Waals surface area contributed by atoms with Gasteiger partial charge >= 0.3 is 0 Å². The summed E-state index contributed by atoms with van der Waals surface area (Å²) in [6.45, 7) is 3.05. The van der Waals surface area contributed by atoms with Crippen LogP contribution in [0, 0.1) is 12.8 Å². The molecule has 1 atom stereocenters. The third-order valence-electron chi connectivity index (χ3n) is 4.88. The topological polar surface area (TPSA) is 91.3 Å². The van der Waals surface area contributed by atoms with Gasteiger partial charge < -0.3 is 15.8 Å². The van der Waals surface area contributed by atoms with Crippen LogP contribution in [0.25, 0.3) is 5.69 Å². The van der Waals surface area contributed by atoms with E-state index in [1.807, 2.05) is 30.3 Å². The largest absolute Gasteiger partial charge is 0.381 e. The first-order valence-corrected chi connectivity index (χ1v) is 8.49. The number of hydrogen-bond acceptors (Lipinski definition) is 4. The van der Waals surface area contributed by atoms with E-state index in [9.17, 15) is 9.59 Å². The Morgan fingerprint density at radius 3 is 2.56 bits per heavy atom. The van der Waals surface area contributed by atoms with Crippen molar-refractivity contribution < 1.29 is 9.53 Å². The van der Waals surface area contributed by atoms with Crippen molar-refractivity contribution in [2.24, 2.45) is 18.7 Å². The number of ether oxygens (including phenoxy) is 1. The number of benzene rings is 1. The highest BCUT2D eigenvalue weighted by Crippen LogP contribution is 2.19. The van der Waals surface area contributed by atoms with Gasteiger partial charge in [-0.3, -0.25) is 14.3 Å². The summed E-state index contributed by atoms with van der Waals surface area (Å²) in [7, 11) is 1.79. The predicted molar refractivity (Wildman–Crippen MR) is 95.9 cm³/mol. The minimum absolute atomic E-state index is 0.0779. The third kappa shape index (κ3) is 3.38. The Bertz CT molecular complexity index is 804. The third-order valence-corrected chi connectivity index (χ3v) is 4.88. The van der Waals surface area contributed by atoms with E-state index >= 15 is 0 Å². The molecule has 0 radical (unpaired) electrons. The van der Waals surface area contributed by atoms with Crippen molar-refractivity contribution in [1.82, 2.24) is 9.36 Å². The van der Waals surface area contributed by atoms with Crippen LogP contribution >= 0.6 is 0 Å². The zero-order valence-corrected chi connectivity index (χ0v) is 14.6. The fourth-order valence-corrected chi connectivity index (χ4v) is 3.21. The Morgan fingerprint density at radius 1 is 1.28 bits per heavy atom. The van der Waals surface area contributed by atoms with E-state index in [2.05, 4.69) is 5.32 Å². The lowest BCUT2D eigenvalue weighted by Crippen LogP contribution is -2.44. The van der Waals surface area contributed by atoms with Gasteiger partial charge in [0.15, 0.2) is 0 Å². The van der Waals surface area contributed by atoms with Crippen LogP contribution in [-0.4, -0.2) is 34.5 Å². The van der Waals surface area contributed by atoms with Gasteiger partial charge in [0.25, 0.3) is 5.56 Å². The molecule has 0 spiro atoms. The van der Waals surface area contributed by atoms with Crippen molar-refractivity contribution in [3.05, 3.63) is 46.4 Å². The minimum Gasteiger partial charge on any atom is -0.381 e. The summed E-state index contributed by atoms with van der Waals surface area (Å²) >= 11 is 0. The quantitative estimate of drug-likeness (QED) is 0.871. The van der Waals surface area contributed by atoms with Crippen LogP contribution in [0.1, 0.15) is 18.5 Å². The van der Waals surface area contributed by atoms with Gasteiger partial charge in [0.05, 0.1) is 17.4 Å². The summed E-state index contributed by atoms with van der Waals surface area (Å²) in [5, 5.41) is 2.75. The van der Waals surface area contributed by atoms with E-state index in [4.69, 9.17) is 10.5 Å². The smallest absolute Gasteiger partial charge is 0.295 e. The Balaban J connectivity index is 1.86. The van der Waals surface area contributed by atoms with Crippen LogP contribution in [0.15, 0.2) is 35.1 Å². The number of nitrogens with zero attached hydrogens (tertiary/aromatic N) is 2. The van der Waals surface area contributed by atoms with Crippen LogP contribution in [0.5, 0.6) is 0 Å². The molecule has 1 aromatic carbocycles. The number of anilines is 1. The molecule has 1 aliphatic heterocycles. The summed E-state index contributed by atoms with van der Waals surface area (Å²) in [5.74, 6) is -0.243. The van der Waals surface area contributed by atoms with E-state index in [1.165, 1.54) is 4.68 Å². The van der Waals surface area contributed by atoms with E-state index < -0.39 is 6.04 Å². The first-order chi connectivity index (χ1) is 12.0. The maximum atomic E-state index is 12.8. The number of hydrogen-bond donors (Lipinski definition) is 2. The number of carbonyl (C=O) groups is 1. The molecule has 3 N–H and O–H groups in total. The van der Waals surface area contributed by atoms with Crippen molar-refractivity contribution in [3.63, 3.8) is 0 Å². The first kappa shape index (κ1) is 17.4. The predicted octanol–water partition coefficient (Wildman–Crippen LogP) is 1.18. The van der Waals surface area contributed by atoms with E-state index in [0.717, 1.165) is 18.5 Å². The SMILES string of the molecule is Cc1c(NC(=O)C(N)C2CCOCC2)c(=O)n(-c2ccccc2)n1C. The Labute approximate surface area is 146 Å². The molecule has 134 valence electrons. The highest BCUT2D eigenvalue weighted by Gasteiger charge is 2.28. The normalized spacial score (nSPS) is 16.6. The fourth-order valence-electron chi connectivity index (χ4n) is 3.21. The van der Waals surface area contributed by atoms with Gasteiger partial charge in [-0.1, -0.05) is 18.2 Å². The number of nitrogens with two attached hydrogens (primary N) is 1. The van der Waals surface area contributed by atoms with Gasteiger partial charge in [0.1, 0.15) is 5.69 Å². The highest BCUT2D eigenvalue weighted by molar-refractivity contribution is 5.95. The van der Waals surface area contributed by atoms with Crippen molar-refractivity contribution in [2.75, 3.05) is 18.5 Å². The molecule has 1 unspecified atom stereocenters. The zero-order chi connectivity index (χ0) is 18.0. The maximum absolute atomic E-state index is 12.8. The number of para-hydroxylation sites is 1. The van der Waals surface area contributed by atoms with E-state index in [-0.39, 0.29) is 23.1 Å². The highest BCUT2D eigenvalue weighted by atomic mass is 16.5. The molecule has 2 heterocycles. The van der Waals surface area contributed by atoms with Gasteiger partial charge in [-0.15, -0.1) is 0 Å². The molecule has 1 aliphatic rings. The van der Waals surface area contributed by atoms with Crippen LogP contribution < -0.4 is 16.6 Å². The molecule has 1 fully saturated rings. The molecule has 1 aromatic heterocycles. The van der Waals surface area contributed by atoms with Gasteiger partial charge in [-0.2, -0.15) is 0 Å². The lowest BCUT2D eigenvalue weighted by atomic mass is 9.92. The maximum Gasteiger partial charge on any atom is 0.295 e. The summed E-state index contributed by atoms with van der Waals surface area (Å²) in [6, 6.07) is 8.67. The molecule has 0 bridgehead atoms. The van der Waals surface area contributed by atoms with E-state index in [1.54, 1.807) is 18.7 Å². The van der Waals surface area contributed by atoms with Gasteiger partial charge in [-0.05, 0) is 37.8 Å². The first-order valence-electron chi connectivity index (χ1n) is 8.49. The molecule has 1 saturated heterocycles. The molecule has 2 aromatic rings. The minimum atomic E-state index is -0.645. The average Bonchev–Trinajstić information content (AvgIpc) is 2.86. The second-order valence-electron chi connectivity index (χ2n) is 6.40. The van der Waals surface area contributed by atoms with Gasteiger partial charge in [0.2, 0.25) is 5.91 Å². The Morgan fingerprint density at radius 2 is 1.92 bits per heavy atom. The number of nitrogens with one attached hydrogen (secondary N) is 1. The number of aromatic nitrogens is 2. The molecular weight excluding hydrogens is 320 g/mol. The van der Waals surface area contributed by atoms with Crippen LogP contribution in [-0.2, 0) is 16.6 Å². The Kier molecular flexibility index (Phi) is 5.06. The monoisotopic (exact) mass is 344 g/mol. The molecule has 7 nitrogen and oxygen atoms in total. The van der Waals surface area contributed by atoms with Crippen LogP contribution in [0.3, 0.4) is 0 Å². The van der Waals surface area contributed by atoms with Crippen molar-refractivity contribution in [2.45, 2.75) is 25.8 Å². The number of amides is 1. The average molecular weight is 344 g/mol. The standard InChI is InChI=1S/C18H24N4O3/c1-12-16(20-17(23)15(19)13-8-10-25-11-9-13)18(24)22(21(12)2)14-6-4-3-5-7-14/h3-7,13,15H,8-11,19H2,1-2H3,(H,20,23). The second kappa shape index (κ2) is 7.25. The molecule has 0 saturated carbocycles. The summed E-state index contributed by atoms with van der Waals surface area (Å²) in [5.41, 5.74) is 7.55. The number of rotatable bonds is 4. The van der Waals surface area contributed by atoms with Crippen LogP contribution in [0.4, 0.5) is 5.69 Å². The van der Waals surface area contributed by atoms with Crippen molar-refractivity contribution in [1.29, 1.82) is 0 Å². The number of carbonyl (C=O) groups excluding carboxylic acids is 1. The molecule has 0 aliphatic carbocycles. The molecule has 1 amide bonds. The van der Waals surface area contributed by atoms with Crippen molar-refractivity contribution in [3.8, 4) is 5.69 Å². The summed E-state index contributed by atoms with van der Waals surface area (Å²) in [6.07, 6.45) is 1.52. The Hall–Kier alpha value is -2.38. The van der Waals surface area contributed by atoms with E-state index in [0.29, 0.717) is 18.9 Å². The molecule has 7 heteroatoms. The fraction of sp³-hybridized carbons (Fsp3) is 0.444. The van der Waals surface area contributed by atoms with Gasteiger partial charge in [0, 0.05) is 20.3 Å². The molecule has 25 heavy (non-hydrogen) atoms. The second-order valence-corrected chi connectivity index (χ2v) is 6.40. The zero-order valence-electron chi connectivity index (χ0n) is 14.6. The van der Waals surface area contributed by atoms with Gasteiger partial charge in [-0.25, -0.2) is 4.68 Å².